The molecule has 0 atom stereocenters. The number of amides is 1. The van der Waals surface area contributed by atoms with Gasteiger partial charge in [-0.2, -0.15) is 0 Å². The smallest absolute Gasteiger partial charge is 0.276 e. The standard InChI is InChI=1S/C19H18N2O2/c1-15-12-18(20-23-15)19(22)21(13-16-8-4-2-5-9-16)14-17-10-6-3-7-11-17/h2-12H,13-14H2,1H3. The van der Waals surface area contributed by atoms with Gasteiger partial charge in [-0.15, -0.1) is 0 Å². The zero-order chi connectivity index (χ0) is 16.1. The minimum Gasteiger partial charge on any atom is -0.361 e. The van der Waals surface area contributed by atoms with Gasteiger partial charge in [-0.3, -0.25) is 4.79 Å². The lowest BCUT2D eigenvalue weighted by molar-refractivity contribution is 0.0719. The normalized spacial score (nSPS) is 10.5. The lowest BCUT2D eigenvalue weighted by atomic mass is 10.1. The third-order valence-electron chi connectivity index (χ3n) is 3.57. The first kappa shape index (κ1) is 15.0. The van der Waals surface area contributed by atoms with Gasteiger partial charge in [0.25, 0.3) is 5.91 Å². The summed E-state index contributed by atoms with van der Waals surface area (Å²) in [6.07, 6.45) is 0. The van der Waals surface area contributed by atoms with Crippen molar-refractivity contribution in [3.8, 4) is 0 Å². The van der Waals surface area contributed by atoms with Gasteiger partial charge in [-0.25, -0.2) is 0 Å². The molecule has 116 valence electrons. The Bertz CT molecular complexity index is 725. The molecule has 23 heavy (non-hydrogen) atoms. The molecule has 0 saturated heterocycles. The van der Waals surface area contributed by atoms with Crippen molar-refractivity contribution in [2.45, 2.75) is 20.0 Å². The van der Waals surface area contributed by atoms with E-state index in [2.05, 4.69) is 5.16 Å². The third kappa shape index (κ3) is 3.86. The maximum absolute atomic E-state index is 12.8. The van der Waals surface area contributed by atoms with Gasteiger partial charge in [0.15, 0.2) is 5.69 Å². The van der Waals surface area contributed by atoms with E-state index in [1.807, 2.05) is 60.7 Å². The van der Waals surface area contributed by atoms with Crippen molar-refractivity contribution in [3.63, 3.8) is 0 Å². The molecule has 2 aromatic carbocycles. The van der Waals surface area contributed by atoms with Gasteiger partial charge in [0, 0.05) is 19.2 Å². The van der Waals surface area contributed by atoms with E-state index >= 15 is 0 Å². The van der Waals surface area contributed by atoms with Crippen LogP contribution in [-0.4, -0.2) is 16.0 Å². The van der Waals surface area contributed by atoms with Crippen LogP contribution < -0.4 is 0 Å². The van der Waals surface area contributed by atoms with Crippen LogP contribution in [0.3, 0.4) is 0 Å². The van der Waals surface area contributed by atoms with Gasteiger partial charge in [-0.1, -0.05) is 65.8 Å². The number of benzene rings is 2. The first-order valence-corrected chi connectivity index (χ1v) is 7.53. The number of carbonyl (C=O) groups excluding carboxylic acids is 1. The van der Waals surface area contributed by atoms with Gasteiger partial charge in [-0.05, 0) is 18.1 Å². The maximum atomic E-state index is 12.8. The fraction of sp³-hybridized carbons (Fsp3) is 0.158. The van der Waals surface area contributed by atoms with Crippen molar-refractivity contribution in [3.05, 3.63) is 89.3 Å². The monoisotopic (exact) mass is 306 g/mol. The van der Waals surface area contributed by atoms with Crippen molar-refractivity contribution in [1.29, 1.82) is 0 Å². The minimum absolute atomic E-state index is 0.130. The largest absolute Gasteiger partial charge is 0.361 e. The molecule has 0 radical (unpaired) electrons. The summed E-state index contributed by atoms with van der Waals surface area (Å²) in [6, 6.07) is 21.5. The summed E-state index contributed by atoms with van der Waals surface area (Å²) < 4.78 is 5.04. The lowest BCUT2D eigenvalue weighted by Crippen LogP contribution is -2.30. The Labute approximate surface area is 135 Å². The van der Waals surface area contributed by atoms with Crippen LogP contribution in [0.15, 0.2) is 71.3 Å². The topological polar surface area (TPSA) is 46.3 Å². The van der Waals surface area contributed by atoms with Crippen LogP contribution >= 0.6 is 0 Å². The third-order valence-corrected chi connectivity index (χ3v) is 3.57. The summed E-state index contributed by atoms with van der Waals surface area (Å²) in [4.78, 5) is 14.6. The summed E-state index contributed by atoms with van der Waals surface area (Å²) in [7, 11) is 0. The highest BCUT2D eigenvalue weighted by molar-refractivity contribution is 5.92. The lowest BCUT2D eigenvalue weighted by Gasteiger charge is -2.22. The van der Waals surface area contributed by atoms with Crippen LogP contribution in [-0.2, 0) is 13.1 Å². The molecule has 0 saturated carbocycles. The molecule has 0 spiro atoms. The van der Waals surface area contributed by atoms with Crippen LogP contribution in [0.5, 0.6) is 0 Å². The van der Waals surface area contributed by atoms with E-state index in [9.17, 15) is 4.79 Å². The van der Waals surface area contributed by atoms with E-state index in [1.165, 1.54) is 0 Å². The van der Waals surface area contributed by atoms with Crippen molar-refractivity contribution in [2.24, 2.45) is 0 Å². The Morgan fingerprint density at radius 1 is 0.957 bits per heavy atom. The Hall–Kier alpha value is -2.88. The number of hydrogen-bond donors (Lipinski definition) is 0. The van der Waals surface area contributed by atoms with Gasteiger partial charge in [0.1, 0.15) is 5.76 Å². The van der Waals surface area contributed by atoms with Crippen LogP contribution in [0.2, 0.25) is 0 Å². The highest BCUT2D eigenvalue weighted by atomic mass is 16.5. The summed E-state index contributed by atoms with van der Waals surface area (Å²) >= 11 is 0. The quantitative estimate of drug-likeness (QED) is 0.720. The summed E-state index contributed by atoms with van der Waals surface area (Å²) in [5.74, 6) is 0.502. The van der Waals surface area contributed by atoms with Gasteiger partial charge < -0.3 is 9.42 Å². The molecule has 0 fully saturated rings. The summed E-state index contributed by atoms with van der Waals surface area (Å²) in [5, 5.41) is 3.85. The van der Waals surface area contributed by atoms with Crippen LogP contribution in [0.1, 0.15) is 27.4 Å². The van der Waals surface area contributed by atoms with Gasteiger partial charge >= 0.3 is 0 Å². The second-order valence-electron chi connectivity index (χ2n) is 5.46. The second-order valence-corrected chi connectivity index (χ2v) is 5.46. The molecule has 0 aliphatic carbocycles. The Morgan fingerprint density at radius 2 is 1.48 bits per heavy atom. The number of carbonyl (C=O) groups is 1. The number of aromatic nitrogens is 1. The zero-order valence-corrected chi connectivity index (χ0v) is 13.0. The van der Waals surface area contributed by atoms with Crippen molar-refractivity contribution in [2.75, 3.05) is 0 Å². The van der Waals surface area contributed by atoms with Gasteiger partial charge in [0.05, 0.1) is 0 Å². The molecular weight excluding hydrogens is 288 g/mol. The molecule has 3 aromatic rings. The van der Waals surface area contributed by atoms with E-state index in [0.717, 1.165) is 11.1 Å². The number of aryl methyl sites for hydroxylation is 1. The maximum Gasteiger partial charge on any atom is 0.276 e. The van der Waals surface area contributed by atoms with Crippen LogP contribution in [0, 0.1) is 6.92 Å². The highest BCUT2D eigenvalue weighted by Gasteiger charge is 2.20. The molecular formula is C19H18N2O2. The molecule has 4 nitrogen and oxygen atoms in total. The number of nitrogens with zero attached hydrogens (tertiary/aromatic N) is 2. The molecule has 0 N–H and O–H groups in total. The SMILES string of the molecule is Cc1cc(C(=O)N(Cc2ccccc2)Cc2ccccc2)no1. The first-order chi connectivity index (χ1) is 11.2. The Balaban J connectivity index is 1.84. The molecule has 4 heteroatoms. The molecule has 0 bridgehead atoms. The van der Waals surface area contributed by atoms with Crippen molar-refractivity contribution < 1.29 is 9.32 Å². The minimum atomic E-state index is -0.130. The van der Waals surface area contributed by atoms with E-state index < -0.39 is 0 Å². The van der Waals surface area contributed by atoms with Crippen LogP contribution in [0.4, 0.5) is 0 Å². The summed E-state index contributed by atoms with van der Waals surface area (Å²) in [5.41, 5.74) is 2.50. The van der Waals surface area contributed by atoms with E-state index in [1.54, 1.807) is 17.9 Å². The fourth-order valence-electron chi connectivity index (χ4n) is 2.44. The average Bonchev–Trinajstić information content (AvgIpc) is 3.02. The first-order valence-electron chi connectivity index (χ1n) is 7.53. The Kier molecular flexibility index (Phi) is 4.52. The average molecular weight is 306 g/mol. The predicted molar refractivity (Wildman–Crippen MR) is 87.7 cm³/mol. The zero-order valence-electron chi connectivity index (χ0n) is 13.0. The van der Waals surface area contributed by atoms with E-state index in [4.69, 9.17) is 4.52 Å². The van der Waals surface area contributed by atoms with Gasteiger partial charge in [0.2, 0.25) is 0 Å². The van der Waals surface area contributed by atoms with E-state index in [-0.39, 0.29) is 5.91 Å². The molecule has 0 aliphatic heterocycles. The number of rotatable bonds is 5. The molecule has 0 aliphatic rings. The highest BCUT2D eigenvalue weighted by Crippen LogP contribution is 2.14. The molecule has 3 rings (SSSR count). The van der Waals surface area contributed by atoms with Crippen LogP contribution in [0.25, 0.3) is 0 Å². The van der Waals surface area contributed by atoms with Crippen molar-refractivity contribution >= 4 is 5.91 Å². The molecule has 1 aromatic heterocycles. The molecule has 1 heterocycles. The number of hydrogen-bond acceptors (Lipinski definition) is 3. The second kappa shape index (κ2) is 6.92. The Morgan fingerprint density at radius 3 is 1.91 bits per heavy atom. The van der Waals surface area contributed by atoms with Crippen molar-refractivity contribution in [1.82, 2.24) is 10.1 Å². The predicted octanol–water partition coefficient (Wildman–Crippen LogP) is 3.83. The fourth-order valence-corrected chi connectivity index (χ4v) is 2.44. The molecule has 0 unspecified atom stereocenters. The van der Waals surface area contributed by atoms with E-state index in [0.29, 0.717) is 24.5 Å². The molecule has 1 amide bonds. The summed E-state index contributed by atoms with van der Waals surface area (Å²) in [6.45, 7) is 2.84.